The molecule has 1 fully saturated rings. The number of hydrogen-bond donors (Lipinski definition) is 0. The maximum Gasteiger partial charge on any atom is 0.243 e. The molecule has 1 aliphatic heterocycles. The van der Waals surface area contributed by atoms with E-state index in [1.807, 2.05) is 30.3 Å². The summed E-state index contributed by atoms with van der Waals surface area (Å²) in [5.41, 5.74) is 1.13. The number of piperazine rings is 1. The molecule has 3 rings (SSSR count). The molecular formula is C17H20N2O3S. The molecule has 0 N–H and O–H groups in total. The Kier molecular flexibility index (Phi) is 4.54. The van der Waals surface area contributed by atoms with Crippen LogP contribution in [0.4, 0.5) is 5.69 Å². The molecule has 1 saturated heterocycles. The summed E-state index contributed by atoms with van der Waals surface area (Å²) in [4.78, 5) is 2.49. The van der Waals surface area contributed by atoms with Crippen LogP contribution in [0.1, 0.15) is 0 Å². The zero-order valence-corrected chi connectivity index (χ0v) is 13.9. The number of benzene rings is 2. The molecule has 0 spiro atoms. The largest absolute Gasteiger partial charge is 0.497 e. The smallest absolute Gasteiger partial charge is 0.243 e. The molecule has 0 aromatic heterocycles. The molecule has 0 amide bonds. The summed E-state index contributed by atoms with van der Waals surface area (Å²) >= 11 is 0. The zero-order valence-electron chi connectivity index (χ0n) is 13.1. The van der Waals surface area contributed by atoms with E-state index in [1.54, 1.807) is 28.6 Å². The van der Waals surface area contributed by atoms with Crippen LogP contribution in [0, 0.1) is 0 Å². The molecule has 0 unspecified atom stereocenters. The maximum absolute atomic E-state index is 12.8. The van der Waals surface area contributed by atoms with Crippen LogP contribution in [0.3, 0.4) is 0 Å². The summed E-state index contributed by atoms with van der Waals surface area (Å²) in [6, 6.07) is 16.7. The van der Waals surface area contributed by atoms with Crippen molar-refractivity contribution in [2.45, 2.75) is 4.90 Å². The Hall–Kier alpha value is -2.05. The fourth-order valence-electron chi connectivity index (χ4n) is 2.74. The highest BCUT2D eigenvalue weighted by molar-refractivity contribution is 7.89. The van der Waals surface area contributed by atoms with Gasteiger partial charge < -0.3 is 9.64 Å². The third kappa shape index (κ3) is 3.33. The molecule has 0 atom stereocenters. The van der Waals surface area contributed by atoms with Gasteiger partial charge in [-0.3, -0.25) is 0 Å². The van der Waals surface area contributed by atoms with Crippen LogP contribution in [0.2, 0.25) is 0 Å². The van der Waals surface area contributed by atoms with Gasteiger partial charge in [0.1, 0.15) is 5.75 Å². The standard InChI is InChI=1S/C17H20N2O3S/c1-22-16-8-5-9-17(14-16)23(20,21)19-12-10-18(11-13-19)15-6-3-2-4-7-15/h2-9,14H,10-13H2,1H3. The molecule has 23 heavy (non-hydrogen) atoms. The molecule has 2 aromatic carbocycles. The number of anilines is 1. The first-order valence-corrected chi connectivity index (χ1v) is 8.99. The lowest BCUT2D eigenvalue weighted by Gasteiger charge is -2.35. The van der Waals surface area contributed by atoms with E-state index in [4.69, 9.17) is 4.74 Å². The lowest BCUT2D eigenvalue weighted by molar-refractivity contribution is 0.383. The number of nitrogens with zero attached hydrogens (tertiary/aromatic N) is 2. The van der Waals surface area contributed by atoms with Gasteiger partial charge in [-0.25, -0.2) is 8.42 Å². The van der Waals surface area contributed by atoms with Gasteiger partial charge in [-0.05, 0) is 24.3 Å². The van der Waals surface area contributed by atoms with Crippen LogP contribution in [0.15, 0.2) is 59.5 Å². The summed E-state index contributed by atoms with van der Waals surface area (Å²) in [5, 5.41) is 0. The van der Waals surface area contributed by atoms with Crippen molar-refractivity contribution in [3.8, 4) is 5.75 Å². The molecule has 2 aromatic rings. The van der Waals surface area contributed by atoms with Crippen molar-refractivity contribution in [3.05, 3.63) is 54.6 Å². The van der Waals surface area contributed by atoms with Crippen molar-refractivity contribution in [2.75, 3.05) is 38.2 Å². The maximum atomic E-state index is 12.8. The van der Waals surface area contributed by atoms with E-state index in [-0.39, 0.29) is 4.90 Å². The minimum atomic E-state index is -3.47. The molecule has 5 nitrogen and oxygen atoms in total. The van der Waals surface area contributed by atoms with Crippen LogP contribution in [-0.4, -0.2) is 46.0 Å². The summed E-state index contributed by atoms with van der Waals surface area (Å²) in [6.07, 6.45) is 0. The number of para-hydroxylation sites is 1. The fourth-order valence-corrected chi connectivity index (χ4v) is 4.19. The minimum Gasteiger partial charge on any atom is -0.497 e. The van der Waals surface area contributed by atoms with E-state index < -0.39 is 10.0 Å². The molecule has 0 aliphatic carbocycles. The Bertz CT molecular complexity index is 754. The molecule has 1 heterocycles. The Morgan fingerprint density at radius 1 is 0.913 bits per heavy atom. The van der Waals surface area contributed by atoms with E-state index in [9.17, 15) is 8.42 Å². The van der Waals surface area contributed by atoms with Gasteiger partial charge in [0.2, 0.25) is 10.0 Å². The summed E-state index contributed by atoms with van der Waals surface area (Å²) in [5.74, 6) is 0.550. The summed E-state index contributed by atoms with van der Waals surface area (Å²) in [6.45, 7) is 2.34. The number of ether oxygens (including phenoxy) is 1. The van der Waals surface area contributed by atoms with Crippen LogP contribution in [-0.2, 0) is 10.0 Å². The topological polar surface area (TPSA) is 49.9 Å². The van der Waals surface area contributed by atoms with Gasteiger partial charge in [0, 0.05) is 37.9 Å². The Morgan fingerprint density at radius 3 is 2.26 bits per heavy atom. The molecule has 0 bridgehead atoms. The Labute approximate surface area is 137 Å². The number of methoxy groups -OCH3 is 1. The zero-order chi connectivity index (χ0) is 16.3. The van der Waals surface area contributed by atoms with Crippen molar-refractivity contribution >= 4 is 15.7 Å². The van der Waals surface area contributed by atoms with Crippen LogP contribution in [0.5, 0.6) is 5.75 Å². The Morgan fingerprint density at radius 2 is 1.61 bits per heavy atom. The molecule has 0 radical (unpaired) electrons. The Balaban J connectivity index is 1.73. The molecule has 6 heteroatoms. The van der Waals surface area contributed by atoms with Gasteiger partial charge in [0.05, 0.1) is 12.0 Å². The first-order chi connectivity index (χ1) is 11.1. The predicted molar refractivity (Wildman–Crippen MR) is 90.4 cm³/mol. The molecule has 122 valence electrons. The lowest BCUT2D eigenvalue weighted by Crippen LogP contribution is -2.48. The molecule has 0 saturated carbocycles. The SMILES string of the molecule is COc1cccc(S(=O)(=O)N2CCN(c3ccccc3)CC2)c1. The van der Waals surface area contributed by atoms with E-state index in [0.29, 0.717) is 31.9 Å². The normalized spacial score (nSPS) is 16.3. The average molecular weight is 332 g/mol. The highest BCUT2D eigenvalue weighted by Gasteiger charge is 2.28. The van der Waals surface area contributed by atoms with Crippen molar-refractivity contribution in [2.24, 2.45) is 0 Å². The van der Waals surface area contributed by atoms with Gasteiger partial charge in [-0.1, -0.05) is 24.3 Å². The number of rotatable bonds is 4. The second-order valence-electron chi connectivity index (χ2n) is 5.41. The summed E-state index contributed by atoms with van der Waals surface area (Å²) in [7, 11) is -1.94. The van der Waals surface area contributed by atoms with Crippen LogP contribution in [0.25, 0.3) is 0 Å². The number of hydrogen-bond acceptors (Lipinski definition) is 4. The van der Waals surface area contributed by atoms with E-state index in [1.165, 1.54) is 7.11 Å². The van der Waals surface area contributed by atoms with E-state index in [0.717, 1.165) is 5.69 Å². The molecular weight excluding hydrogens is 312 g/mol. The minimum absolute atomic E-state index is 0.282. The second kappa shape index (κ2) is 6.60. The van der Waals surface area contributed by atoms with Crippen LogP contribution >= 0.6 is 0 Å². The molecule has 1 aliphatic rings. The first kappa shape index (κ1) is 15.8. The van der Waals surface area contributed by atoms with Gasteiger partial charge in [0.25, 0.3) is 0 Å². The first-order valence-electron chi connectivity index (χ1n) is 7.55. The highest BCUT2D eigenvalue weighted by Crippen LogP contribution is 2.23. The fraction of sp³-hybridized carbons (Fsp3) is 0.294. The average Bonchev–Trinajstić information content (AvgIpc) is 2.62. The predicted octanol–water partition coefficient (Wildman–Crippen LogP) is 2.21. The second-order valence-corrected chi connectivity index (χ2v) is 7.34. The quantitative estimate of drug-likeness (QED) is 0.861. The highest BCUT2D eigenvalue weighted by atomic mass is 32.2. The number of sulfonamides is 1. The monoisotopic (exact) mass is 332 g/mol. The van der Waals surface area contributed by atoms with Crippen LogP contribution < -0.4 is 9.64 Å². The van der Waals surface area contributed by atoms with Crippen molar-refractivity contribution in [1.29, 1.82) is 0 Å². The van der Waals surface area contributed by atoms with Crippen molar-refractivity contribution < 1.29 is 13.2 Å². The van der Waals surface area contributed by atoms with Gasteiger partial charge in [-0.2, -0.15) is 4.31 Å². The third-order valence-corrected chi connectivity index (χ3v) is 5.93. The van der Waals surface area contributed by atoms with Crippen molar-refractivity contribution in [3.63, 3.8) is 0 Å². The van der Waals surface area contributed by atoms with Gasteiger partial charge in [-0.15, -0.1) is 0 Å². The van der Waals surface area contributed by atoms with E-state index in [2.05, 4.69) is 4.90 Å². The lowest BCUT2D eigenvalue weighted by atomic mass is 10.2. The third-order valence-electron chi connectivity index (χ3n) is 4.04. The van der Waals surface area contributed by atoms with Gasteiger partial charge >= 0.3 is 0 Å². The van der Waals surface area contributed by atoms with Crippen molar-refractivity contribution in [1.82, 2.24) is 4.31 Å². The summed E-state index contributed by atoms with van der Waals surface area (Å²) < 4.78 is 32.2. The van der Waals surface area contributed by atoms with E-state index >= 15 is 0 Å². The van der Waals surface area contributed by atoms with Gasteiger partial charge in [0.15, 0.2) is 0 Å².